The van der Waals surface area contributed by atoms with Gasteiger partial charge in [0.1, 0.15) is 0 Å². The number of carbonyl (C=O) groups excluding carboxylic acids is 2. The second-order valence-electron chi connectivity index (χ2n) is 7.93. The highest BCUT2D eigenvalue weighted by Gasteiger charge is 2.32. The molecule has 0 saturated carbocycles. The first kappa shape index (κ1) is 18.7. The van der Waals surface area contributed by atoms with Gasteiger partial charge in [0.05, 0.1) is 5.69 Å². The van der Waals surface area contributed by atoms with Gasteiger partial charge in [0, 0.05) is 70.1 Å². The lowest BCUT2D eigenvalue weighted by Crippen LogP contribution is -2.49. The third kappa shape index (κ3) is 3.96. The lowest BCUT2D eigenvalue weighted by molar-refractivity contribution is -0.137. The molecule has 148 valence electrons. The number of aromatic nitrogens is 1. The van der Waals surface area contributed by atoms with Crippen LogP contribution in [0.15, 0.2) is 0 Å². The topological polar surface area (TPSA) is 60.0 Å². The number of piperazine rings is 2. The predicted molar refractivity (Wildman–Crippen MR) is 106 cm³/mol. The number of likely N-dealkylation sites (N-methyl/N-ethyl adjacent to an activating group) is 1. The highest BCUT2D eigenvalue weighted by molar-refractivity contribution is 7.15. The Bertz CT molecular complexity index is 705. The van der Waals surface area contributed by atoms with Crippen LogP contribution in [0.3, 0.4) is 0 Å². The molecule has 1 aliphatic carbocycles. The quantitative estimate of drug-likeness (QED) is 0.742. The lowest BCUT2D eigenvalue weighted by atomic mass is 9.90. The molecule has 1 aromatic heterocycles. The van der Waals surface area contributed by atoms with Crippen LogP contribution in [0.5, 0.6) is 0 Å². The summed E-state index contributed by atoms with van der Waals surface area (Å²) in [6.45, 7) is 8.51. The van der Waals surface area contributed by atoms with Crippen molar-refractivity contribution in [1.82, 2.24) is 19.7 Å². The van der Waals surface area contributed by atoms with Crippen LogP contribution in [-0.4, -0.2) is 90.9 Å². The number of amides is 2. The molecule has 27 heavy (non-hydrogen) atoms. The summed E-state index contributed by atoms with van der Waals surface area (Å²) in [7, 11) is 2.11. The molecule has 0 unspecified atom stereocenters. The van der Waals surface area contributed by atoms with Gasteiger partial charge in [-0.15, -0.1) is 11.3 Å². The molecule has 2 fully saturated rings. The molecular weight excluding hydrogens is 362 g/mol. The molecule has 7 nitrogen and oxygen atoms in total. The molecule has 0 radical (unpaired) electrons. The summed E-state index contributed by atoms with van der Waals surface area (Å²) < 4.78 is 0. The fourth-order valence-electron chi connectivity index (χ4n) is 4.21. The highest BCUT2D eigenvalue weighted by atomic mass is 32.1. The number of aryl methyl sites for hydroxylation is 1. The van der Waals surface area contributed by atoms with E-state index in [1.54, 1.807) is 18.3 Å². The van der Waals surface area contributed by atoms with Crippen molar-refractivity contribution in [2.45, 2.75) is 26.2 Å². The molecule has 8 heteroatoms. The van der Waals surface area contributed by atoms with Crippen LogP contribution in [0.4, 0.5) is 5.13 Å². The van der Waals surface area contributed by atoms with Gasteiger partial charge in [0.2, 0.25) is 11.8 Å². The molecule has 0 bridgehead atoms. The Morgan fingerprint density at radius 2 is 1.67 bits per heavy atom. The van der Waals surface area contributed by atoms with Gasteiger partial charge in [-0.25, -0.2) is 4.98 Å². The summed E-state index contributed by atoms with van der Waals surface area (Å²) in [5, 5.41) is 1.07. The Balaban J connectivity index is 1.38. The molecule has 1 atom stereocenters. The number of carbonyl (C=O) groups is 2. The normalized spacial score (nSPS) is 24.1. The number of hydrogen-bond donors (Lipinski definition) is 0. The van der Waals surface area contributed by atoms with E-state index in [4.69, 9.17) is 4.98 Å². The molecule has 0 N–H and O–H groups in total. The van der Waals surface area contributed by atoms with E-state index in [9.17, 15) is 9.59 Å². The zero-order chi connectivity index (χ0) is 19.0. The third-order valence-corrected chi connectivity index (χ3v) is 7.27. The number of hydrogen-bond acceptors (Lipinski definition) is 6. The fourth-order valence-corrected chi connectivity index (χ4v) is 5.44. The molecule has 2 saturated heterocycles. The van der Waals surface area contributed by atoms with E-state index in [0.29, 0.717) is 5.91 Å². The Kier molecular flexibility index (Phi) is 5.36. The zero-order valence-electron chi connectivity index (χ0n) is 16.3. The van der Waals surface area contributed by atoms with Gasteiger partial charge < -0.3 is 19.6 Å². The van der Waals surface area contributed by atoms with Crippen molar-refractivity contribution in [3.8, 4) is 0 Å². The van der Waals surface area contributed by atoms with Gasteiger partial charge in [-0.1, -0.05) is 0 Å². The van der Waals surface area contributed by atoms with Crippen LogP contribution in [-0.2, 0) is 22.4 Å². The molecular formula is C19H29N5O2S. The second kappa shape index (κ2) is 7.75. The van der Waals surface area contributed by atoms with Crippen molar-refractivity contribution in [2.24, 2.45) is 5.92 Å². The van der Waals surface area contributed by atoms with Gasteiger partial charge in [-0.3, -0.25) is 9.59 Å². The van der Waals surface area contributed by atoms with E-state index < -0.39 is 0 Å². The van der Waals surface area contributed by atoms with Gasteiger partial charge in [-0.2, -0.15) is 0 Å². The Hall–Kier alpha value is -1.67. The number of nitrogens with zero attached hydrogens (tertiary/aromatic N) is 5. The first-order chi connectivity index (χ1) is 13.0. The minimum absolute atomic E-state index is 0.115. The van der Waals surface area contributed by atoms with Crippen LogP contribution < -0.4 is 4.90 Å². The average molecular weight is 392 g/mol. The van der Waals surface area contributed by atoms with Gasteiger partial charge in [0.25, 0.3) is 0 Å². The van der Waals surface area contributed by atoms with Gasteiger partial charge in [-0.05, 0) is 26.3 Å². The maximum Gasteiger partial charge on any atom is 0.226 e. The van der Waals surface area contributed by atoms with E-state index in [0.717, 1.165) is 76.8 Å². The standard InChI is InChI=1S/C19H29N5O2S/c1-14(25)22-9-11-24(12-10-22)19-20-16-4-3-15(13-17(16)27-19)18(26)23-7-5-21(2)6-8-23/h15H,3-13H2,1-2H3/t15-/m0/s1. The van der Waals surface area contributed by atoms with E-state index in [1.165, 1.54) is 10.6 Å². The monoisotopic (exact) mass is 391 g/mol. The van der Waals surface area contributed by atoms with Crippen LogP contribution in [0.1, 0.15) is 23.9 Å². The molecule has 3 heterocycles. The summed E-state index contributed by atoms with van der Waals surface area (Å²) in [6, 6.07) is 0. The number of rotatable bonds is 2. The van der Waals surface area contributed by atoms with Crippen molar-refractivity contribution >= 4 is 28.3 Å². The van der Waals surface area contributed by atoms with Crippen LogP contribution in [0.2, 0.25) is 0 Å². The highest BCUT2D eigenvalue weighted by Crippen LogP contribution is 2.35. The summed E-state index contributed by atoms with van der Waals surface area (Å²) in [6.07, 6.45) is 2.66. The van der Waals surface area contributed by atoms with Crippen molar-refractivity contribution in [3.05, 3.63) is 10.6 Å². The summed E-state index contributed by atoms with van der Waals surface area (Å²) >= 11 is 1.75. The Morgan fingerprint density at radius 3 is 2.33 bits per heavy atom. The lowest BCUT2D eigenvalue weighted by Gasteiger charge is -2.35. The molecule has 2 amide bonds. The summed E-state index contributed by atoms with van der Waals surface area (Å²) in [5.74, 6) is 0.598. The summed E-state index contributed by atoms with van der Waals surface area (Å²) in [4.78, 5) is 39.1. The minimum Gasteiger partial charge on any atom is -0.345 e. The molecule has 3 aliphatic rings. The summed E-state index contributed by atoms with van der Waals surface area (Å²) in [5.41, 5.74) is 1.19. The van der Waals surface area contributed by atoms with Crippen LogP contribution in [0.25, 0.3) is 0 Å². The van der Waals surface area contributed by atoms with E-state index in [-0.39, 0.29) is 11.8 Å². The number of anilines is 1. The smallest absolute Gasteiger partial charge is 0.226 e. The fraction of sp³-hybridized carbons (Fsp3) is 0.737. The molecule has 0 aromatic carbocycles. The first-order valence-corrected chi connectivity index (χ1v) is 10.8. The maximum atomic E-state index is 12.9. The van der Waals surface area contributed by atoms with Crippen molar-refractivity contribution in [2.75, 3.05) is 64.3 Å². The molecule has 4 rings (SSSR count). The first-order valence-electron chi connectivity index (χ1n) is 9.97. The predicted octanol–water partition coefficient (Wildman–Crippen LogP) is 0.691. The number of thiazole rings is 1. The Labute approximate surface area is 164 Å². The molecule has 1 aromatic rings. The average Bonchev–Trinajstić information content (AvgIpc) is 3.11. The van der Waals surface area contributed by atoms with E-state index in [2.05, 4.69) is 21.7 Å². The zero-order valence-corrected chi connectivity index (χ0v) is 17.1. The second-order valence-corrected chi connectivity index (χ2v) is 8.99. The van der Waals surface area contributed by atoms with Crippen molar-refractivity contribution in [1.29, 1.82) is 0 Å². The van der Waals surface area contributed by atoms with Crippen LogP contribution in [0, 0.1) is 5.92 Å². The molecule has 0 spiro atoms. The van der Waals surface area contributed by atoms with E-state index in [1.807, 2.05) is 4.90 Å². The number of fused-ring (bicyclic) bond motifs is 1. The van der Waals surface area contributed by atoms with Gasteiger partial charge in [0.15, 0.2) is 5.13 Å². The van der Waals surface area contributed by atoms with Crippen molar-refractivity contribution in [3.63, 3.8) is 0 Å². The molecule has 2 aliphatic heterocycles. The Morgan fingerprint density at radius 1 is 1.00 bits per heavy atom. The van der Waals surface area contributed by atoms with Gasteiger partial charge >= 0.3 is 0 Å². The van der Waals surface area contributed by atoms with Crippen LogP contribution >= 0.6 is 11.3 Å². The van der Waals surface area contributed by atoms with E-state index >= 15 is 0 Å². The maximum absolute atomic E-state index is 12.9. The SMILES string of the molecule is CC(=O)N1CCN(c2nc3c(s2)C[C@@H](C(=O)N2CCN(C)CC2)CC3)CC1. The largest absolute Gasteiger partial charge is 0.345 e. The third-order valence-electron chi connectivity index (χ3n) is 6.09. The van der Waals surface area contributed by atoms with Crippen molar-refractivity contribution < 1.29 is 9.59 Å². The minimum atomic E-state index is 0.115.